The van der Waals surface area contributed by atoms with E-state index in [1.54, 1.807) is 38.4 Å². The van der Waals surface area contributed by atoms with Crippen LogP contribution in [0.5, 0.6) is 0 Å². The minimum Gasteiger partial charge on any atom is -0.345 e. The van der Waals surface area contributed by atoms with Gasteiger partial charge in [-0.15, -0.1) is 0 Å². The average molecular weight is 353 g/mol. The topological polar surface area (TPSA) is 86.8 Å². The molecule has 0 spiro atoms. The molecule has 1 aliphatic rings. The van der Waals surface area contributed by atoms with Gasteiger partial charge >= 0.3 is 0 Å². The van der Waals surface area contributed by atoms with Crippen LogP contribution in [0.4, 0.5) is 5.69 Å². The first kappa shape index (κ1) is 18.4. The van der Waals surface area contributed by atoms with E-state index in [0.717, 1.165) is 6.26 Å². The summed E-state index contributed by atoms with van der Waals surface area (Å²) in [6.07, 6.45) is 2.49. The highest BCUT2D eigenvalue weighted by Gasteiger charge is 2.30. The minimum absolute atomic E-state index is 0.107. The number of carbonyl (C=O) groups is 2. The van der Waals surface area contributed by atoms with Crippen LogP contribution >= 0.6 is 0 Å². The fourth-order valence-corrected chi connectivity index (χ4v) is 3.57. The summed E-state index contributed by atoms with van der Waals surface area (Å²) in [4.78, 5) is 25.7. The lowest BCUT2D eigenvalue weighted by Crippen LogP contribution is -2.43. The summed E-state index contributed by atoms with van der Waals surface area (Å²) < 4.78 is 24.6. The Morgan fingerprint density at radius 2 is 1.83 bits per heavy atom. The fourth-order valence-electron chi connectivity index (χ4n) is 2.66. The van der Waals surface area contributed by atoms with Gasteiger partial charge in [-0.05, 0) is 37.1 Å². The molecular formula is C16H23N3O4S. The van der Waals surface area contributed by atoms with Crippen LogP contribution in [0.1, 0.15) is 23.2 Å². The molecule has 8 heteroatoms. The van der Waals surface area contributed by atoms with Gasteiger partial charge < -0.3 is 10.2 Å². The van der Waals surface area contributed by atoms with E-state index >= 15 is 0 Å². The van der Waals surface area contributed by atoms with Crippen LogP contribution in [0.15, 0.2) is 24.3 Å². The van der Waals surface area contributed by atoms with Gasteiger partial charge in [0.25, 0.3) is 5.91 Å². The Bertz CT molecular complexity index is 713. The zero-order chi connectivity index (χ0) is 17.9. The number of sulfonamides is 1. The van der Waals surface area contributed by atoms with Crippen molar-refractivity contribution in [2.45, 2.75) is 12.8 Å². The zero-order valence-corrected chi connectivity index (χ0v) is 15.0. The number of rotatable bonds is 4. The van der Waals surface area contributed by atoms with Crippen molar-refractivity contribution < 1.29 is 18.0 Å². The van der Waals surface area contributed by atoms with Crippen LogP contribution < -0.4 is 5.32 Å². The van der Waals surface area contributed by atoms with E-state index in [4.69, 9.17) is 0 Å². The van der Waals surface area contributed by atoms with Crippen molar-refractivity contribution in [2.75, 3.05) is 38.8 Å². The lowest BCUT2D eigenvalue weighted by Gasteiger charge is -2.30. The number of amides is 2. The molecule has 2 rings (SSSR count). The standard InChI is InChI=1S/C16H23N3O4S/c1-18(2)16(21)12-6-8-14(9-7-12)17-15(20)13-5-4-10-19(11-13)24(3,22)23/h6-9,13H,4-5,10-11H2,1-3H3,(H,17,20)/t13-/m1/s1. The van der Waals surface area contributed by atoms with Crippen molar-refractivity contribution >= 4 is 27.5 Å². The van der Waals surface area contributed by atoms with Gasteiger partial charge in [-0.2, -0.15) is 0 Å². The molecule has 0 bridgehead atoms. The van der Waals surface area contributed by atoms with E-state index < -0.39 is 10.0 Å². The quantitative estimate of drug-likeness (QED) is 0.875. The highest BCUT2D eigenvalue weighted by atomic mass is 32.2. The molecule has 1 atom stereocenters. The second kappa shape index (κ2) is 7.31. The minimum atomic E-state index is -3.28. The summed E-state index contributed by atoms with van der Waals surface area (Å²) in [5.41, 5.74) is 1.13. The van der Waals surface area contributed by atoms with Gasteiger partial charge in [0, 0.05) is 38.4 Å². The number of hydrogen-bond donors (Lipinski definition) is 1. The Kier molecular flexibility index (Phi) is 5.61. The third kappa shape index (κ3) is 4.55. The van der Waals surface area contributed by atoms with Crippen LogP contribution in [-0.2, 0) is 14.8 Å². The summed E-state index contributed by atoms with van der Waals surface area (Å²) in [6.45, 7) is 0.672. The maximum Gasteiger partial charge on any atom is 0.253 e. The molecule has 0 aromatic heterocycles. The van der Waals surface area contributed by atoms with E-state index in [9.17, 15) is 18.0 Å². The molecule has 0 radical (unpaired) electrons. The molecule has 1 aromatic rings. The van der Waals surface area contributed by atoms with Crippen molar-refractivity contribution in [3.63, 3.8) is 0 Å². The number of anilines is 1. The average Bonchev–Trinajstić information content (AvgIpc) is 2.54. The first-order chi connectivity index (χ1) is 11.2. The Balaban J connectivity index is 2.00. The summed E-state index contributed by atoms with van der Waals surface area (Å²) in [5, 5.41) is 2.79. The lowest BCUT2D eigenvalue weighted by molar-refractivity contribution is -0.120. The van der Waals surface area contributed by atoms with Crippen molar-refractivity contribution in [1.82, 2.24) is 9.21 Å². The number of benzene rings is 1. The first-order valence-corrected chi connectivity index (χ1v) is 9.61. The summed E-state index contributed by atoms with van der Waals surface area (Å²) in [5.74, 6) is -0.671. The molecule has 24 heavy (non-hydrogen) atoms. The van der Waals surface area contributed by atoms with Gasteiger partial charge in [0.2, 0.25) is 15.9 Å². The molecular weight excluding hydrogens is 330 g/mol. The molecule has 1 aromatic carbocycles. The Morgan fingerprint density at radius 3 is 2.38 bits per heavy atom. The van der Waals surface area contributed by atoms with Crippen molar-refractivity contribution in [3.05, 3.63) is 29.8 Å². The van der Waals surface area contributed by atoms with Gasteiger partial charge in [0.05, 0.1) is 12.2 Å². The normalized spacial score (nSPS) is 18.9. The maximum absolute atomic E-state index is 12.4. The molecule has 132 valence electrons. The van der Waals surface area contributed by atoms with Gasteiger partial charge in [-0.1, -0.05) is 0 Å². The van der Waals surface area contributed by atoms with E-state index in [0.29, 0.717) is 30.6 Å². The Morgan fingerprint density at radius 1 is 1.21 bits per heavy atom. The molecule has 0 saturated carbocycles. The molecule has 7 nitrogen and oxygen atoms in total. The predicted molar refractivity (Wildman–Crippen MR) is 92.2 cm³/mol. The molecule has 1 N–H and O–H groups in total. The predicted octanol–water partition coefficient (Wildman–Crippen LogP) is 0.999. The monoisotopic (exact) mass is 353 g/mol. The number of nitrogens with one attached hydrogen (secondary N) is 1. The maximum atomic E-state index is 12.4. The van der Waals surface area contributed by atoms with Gasteiger partial charge in [0.1, 0.15) is 0 Å². The van der Waals surface area contributed by atoms with E-state index in [1.807, 2.05) is 0 Å². The third-order valence-electron chi connectivity index (χ3n) is 4.03. The Hall–Kier alpha value is -1.93. The van der Waals surface area contributed by atoms with Crippen LogP contribution in [0.3, 0.4) is 0 Å². The Labute approximate surface area is 142 Å². The largest absolute Gasteiger partial charge is 0.345 e. The number of piperidine rings is 1. The van der Waals surface area contributed by atoms with Crippen LogP contribution in [-0.4, -0.2) is 62.9 Å². The summed E-state index contributed by atoms with van der Waals surface area (Å²) >= 11 is 0. The molecule has 1 heterocycles. The smallest absolute Gasteiger partial charge is 0.253 e. The van der Waals surface area contributed by atoms with E-state index in [2.05, 4.69) is 5.32 Å². The second-order valence-electron chi connectivity index (χ2n) is 6.23. The lowest BCUT2D eigenvalue weighted by atomic mass is 9.98. The highest BCUT2D eigenvalue weighted by molar-refractivity contribution is 7.88. The third-order valence-corrected chi connectivity index (χ3v) is 5.30. The molecule has 1 aliphatic heterocycles. The zero-order valence-electron chi connectivity index (χ0n) is 14.2. The van der Waals surface area contributed by atoms with Crippen molar-refractivity contribution in [1.29, 1.82) is 0 Å². The van der Waals surface area contributed by atoms with Crippen LogP contribution in [0.2, 0.25) is 0 Å². The molecule has 2 amide bonds. The van der Waals surface area contributed by atoms with Gasteiger partial charge in [0.15, 0.2) is 0 Å². The van der Waals surface area contributed by atoms with Crippen LogP contribution in [0, 0.1) is 5.92 Å². The molecule has 1 saturated heterocycles. The number of carbonyl (C=O) groups excluding carboxylic acids is 2. The summed E-state index contributed by atoms with van der Waals surface area (Å²) in [6, 6.07) is 6.65. The number of hydrogen-bond acceptors (Lipinski definition) is 4. The fraction of sp³-hybridized carbons (Fsp3) is 0.500. The highest BCUT2D eigenvalue weighted by Crippen LogP contribution is 2.21. The van der Waals surface area contributed by atoms with Crippen molar-refractivity contribution in [2.24, 2.45) is 5.92 Å². The SMILES string of the molecule is CN(C)C(=O)c1ccc(NC(=O)[C@@H]2CCCN(S(C)(=O)=O)C2)cc1. The summed E-state index contributed by atoms with van der Waals surface area (Å²) in [7, 11) is 0.0732. The molecule has 0 aliphatic carbocycles. The van der Waals surface area contributed by atoms with E-state index in [-0.39, 0.29) is 24.3 Å². The second-order valence-corrected chi connectivity index (χ2v) is 8.21. The van der Waals surface area contributed by atoms with Crippen LogP contribution in [0.25, 0.3) is 0 Å². The van der Waals surface area contributed by atoms with E-state index in [1.165, 1.54) is 9.21 Å². The molecule has 0 unspecified atom stereocenters. The van der Waals surface area contributed by atoms with Gasteiger partial charge in [-0.3, -0.25) is 9.59 Å². The molecule has 1 fully saturated rings. The van der Waals surface area contributed by atoms with Crippen molar-refractivity contribution in [3.8, 4) is 0 Å². The van der Waals surface area contributed by atoms with Gasteiger partial charge in [-0.25, -0.2) is 12.7 Å². The first-order valence-electron chi connectivity index (χ1n) is 7.76. The number of nitrogens with zero attached hydrogens (tertiary/aromatic N) is 2.